The van der Waals surface area contributed by atoms with Gasteiger partial charge >= 0.3 is 0 Å². The van der Waals surface area contributed by atoms with E-state index >= 15 is 0 Å². The lowest BCUT2D eigenvalue weighted by Gasteiger charge is -2.32. The summed E-state index contributed by atoms with van der Waals surface area (Å²) < 4.78 is 1.75. The van der Waals surface area contributed by atoms with Crippen molar-refractivity contribution in [1.29, 1.82) is 0 Å². The van der Waals surface area contributed by atoms with Crippen LogP contribution in [0, 0.1) is 21.4 Å². The minimum Gasteiger partial charge on any atom is -0.394 e. The molecule has 2 aromatic carbocycles. The van der Waals surface area contributed by atoms with Crippen LogP contribution in [0.1, 0.15) is 69.1 Å². The highest BCUT2D eigenvalue weighted by Crippen LogP contribution is 2.40. The Labute approximate surface area is 381 Å². The SMILES string of the molecule is CC(=O)c1c(I)c(C(=O)NCC(O)CO)c(I)c(N(CC(O)CN(C(C)=O)c2c(I)c(C(C)=O)c(I)c(C(=O)NCC(O)CO)c2I)C(C)=O)c1I. The summed E-state index contributed by atoms with van der Waals surface area (Å²) in [6.07, 6.45) is -3.93. The normalized spacial score (nSPS) is 12.8. The standard InChI is InChI=1S/C31H34I6N4O11/c1-11(44)18-22(32)20(30(51)38-5-15(48)9-42)26(36)28(24(18)34)40(13(3)46)7-17(50)8-41(14(4)47)29-25(35)19(12(2)45)23(33)21(27(29)37)31(52)39-6-16(49)10-43/h15-17,42-43,48-50H,5-10H2,1-4H3,(H,38,51)(H,39,52). The van der Waals surface area contributed by atoms with Crippen LogP contribution in [0.15, 0.2) is 0 Å². The largest absolute Gasteiger partial charge is 0.394 e. The summed E-state index contributed by atoms with van der Waals surface area (Å²) in [6, 6.07) is 0. The smallest absolute Gasteiger partial charge is 0.253 e. The first kappa shape index (κ1) is 48.0. The second-order valence-electron chi connectivity index (χ2n) is 11.2. The number of anilines is 2. The third-order valence-corrected chi connectivity index (χ3v) is 13.6. The van der Waals surface area contributed by atoms with Crippen molar-refractivity contribution in [3.8, 4) is 0 Å². The number of amides is 4. The fourth-order valence-corrected chi connectivity index (χ4v) is 14.7. The van der Waals surface area contributed by atoms with Crippen molar-refractivity contribution in [3.05, 3.63) is 43.7 Å². The van der Waals surface area contributed by atoms with Crippen LogP contribution in [-0.4, -0.2) is 118 Å². The predicted octanol–water partition coefficient (Wildman–Crippen LogP) is 2.65. The summed E-state index contributed by atoms with van der Waals surface area (Å²) in [4.78, 5) is 81.3. The van der Waals surface area contributed by atoms with Crippen molar-refractivity contribution < 1.29 is 54.3 Å². The number of nitrogens with zero attached hydrogens (tertiary/aromatic N) is 2. The molecule has 0 saturated heterocycles. The number of hydrogen-bond donors (Lipinski definition) is 7. The number of aliphatic hydroxyl groups excluding tert-OH is 5. The number of hydrogen-bond acceptors (Lipinski definition) is 11. The van der Waals surface area contributed by atoms with Crippen LogP contribution in [0.4, 0.5) is 11.4 Å². The van der Waals surface area contributed by atoms with Crippen molar-refractivity contribution in [2.75, 3.05) is 49.2 Å². The molecule has 0 radical (unpaired) electrons. The van der Waals surface area contributed by atoms with Crippen molar-refractivity contribution in [2.24, 2.45) is 0 Å². The molecule has 4 amide bonds. The minimum atomic E-state index is -1.46. The molecule has 0 saturated carbocycles. The Hall–Kier alpha value is -0.160. The first-order valence-corrected chi connectivity index (χ1v) is 21.4. The van der Waals surface area contributed by atoms with Crippen LogP contribution in [0.5, 0.6) is 0 Å². The van der Waals surface area contributed by atoms with Gasteiger partial charge in [-0.05, 0) is 149 Å². The highest BCUT2D eigenvalue weighted by Gasteiger charge is 2.34. The van der Waals surface area contributed by atoms with Crippen LogP contribution < -0.4 is 20.4 Å². The molecule has 2 unspecified atom stereocenters. The Morgan fingerprint density at radius 3 is 1.06 bits per heavy atom. The van der Waals surface area contributed by atoms with Crippen LogP contribution >= 0.6 is 136 Å². The maximum absolute atomic E-state index is 13.4. The number of carbonyl (C=O) groups is 6. The number of rotatable bonds is 16. The van der Waals surface area contributed by atoms with E-state index in [9.17, 15) is 54.3 Å². The maximum atomic E-state index is 13.4. The number of Topliss-reactive ketones (excluding diaryl/α,β-unsaturated/α-hetero) is 2. The van der Waals surface area contributed by atoms with Gasteiger partial charge in [-0.25, -0.2) is 0 Å². The van der Waals surface area contributed by atoms with Gasteiger partial charge in [0, 0.05) is 52.3 Å². The molecule has 0 heterocycles. The first-order chi connectivity index (χ1) is 24.1. The van der Waals surface area contributed by atoms with Gasteiger partial charge in [-0.1, -0.05) is 0 Å². The van der Waals surface area contributed by atoms with E-state index in [0.717, 1.165) is 0 Å². The van der Waals surface area contributed by atoms with Crippen molar-refractivity contribution >= 4 is 182 Å². The summed E-state index contributed by atoms with van der Waals surface area (Å²) >= 11 is 11.2. The van der Waals surface area contributed by atoms with Crippen molar-refractivity contribution in [3.63, 3.8) is 0 Å². The zero-order valence-electron chi connectivity index (χ0n) is 27.8. The van der Waals surface area contributed by atoms with Gasteiger partial charge in [-0.15, -0.1) is 0 Å². The Morgan fingerprint density at radius 1 is 0.519 bits per heavy atom. The molecular weight excluding hydrogens is 1370 g/mol. The number of carbonyl (C=O) groups excluding carboxylic acids is 6. The summed E-state index contributed by atoms with van der Waals surface area (Å²) in [6.45, 7) is 2.44. The van der Waals surface area contributed by atoms with Gasteiger partial charge in [0.05, 0.1) is 74.3 Å². The lowest BCUT2D eigenvalue weighted by atomic mass is 10.0. The zero-order chi connectivity index (χ0) is 39.9. The molecule has 7 N–H and O–H groups in total. The van der Waals surface area contributed by atoms with Crippen molar-refractivity contribution in [2.45, 2.75) is 46.0 Å². The fourth-order valence-electron chi connectivity index (χ4n) is 4.75. The molecule has 0 aliphatic heterocycles. The van der Waals surface area contributed by atoms with Gasteiger partial charge in [-0.3, -0.25) is 28.8 Å². The van der Waals surface area contributed by atoms with E-state index in [2.05, 4.69) is 10.6 Å². The third kappa shape index (κ3) is 11.5. The summed E-state index contributed by atoms with van der Waals surface area (Å²) in [5.41, 5.74) is 0.675. The van der Waals surface area contributed by atoms with Crippen LogP contribution in [0.2, 0.25) is 0 Å². The molecule has 52 heavy (non-hydrogen) atoms. The number of nitrogens with one attached hydrogen (secondary N) is 2. The van der Waals surface area contributed by atoms with Crippen molar-refractivity contribution in [1.82, 2.24) is 10.6 Å². The van der Waals surface area contributed by atoms with Gasteiger partial charge in [0.15, 0.2) is 11.6 Å². The van der Waals surface area contributed by atoms with Crippen LogP contribution in [-0.2, 0) is 9.59 Å². The molecule has 286 valence electrons. The van der Waals surface area contributed by atoms with Gasteiger partial charge in [0.25, 0.3) is 11.8 Å². The van der Waals surface area contributed by atoms with Gasteiger partial charge in [-0.2, -0.15) is 0 Å². The molecule has 2 atom stereocenters. The van der Waals surface area contributed by atoms with E-state index < -0.39 is 79.8 Å². The minimum absolute atomic E-state index is 0.0372. The van der Waals surface area contributed by atoms with Gasteiger partial charge in [0.2, 0.25) is 11.8 Å². The molecule has 0 aliphatic rings. The van der Waals surface area contributed by atoms with E-state index in [1.165, 1.54) is 37.5 Å². The number of halogens is 6. The Balaban J connectivity index is 2.73. The van der Waals surface area contributed by atoms with Gasteiger partial charge < -0.3 is 46.0 Å². The van der Waals surface area contributed by atoms with Crippen LogP contribution in [0.25, 0.3) is 0 Å². The molecule has 0 bridgehead atoms. The zero-order valence-corrected chi connectivity index (χ0v) is 40.8. The first-order valence-electron chi connectivity index (χ1n) is 14.9. The number of ketones is 2. The Bertz CT molecular complexity index is 1650. The second kappa shape index (κ2) is 21.4. The lowest BCUT2D eigenvalue weighted by Crippen LogP contribution is -2.45. The fraction of sp³-hybridized carbons (Fsp3) is 0.419. The molecule has 2 rings (SSSR count). The predicted molar refractivity (Wildman–Crippen MR) is 242 cm³/mol. The highest BCUT2D eigenvalue weighted by atomic mass is 127. The van der Waals surface area contributed by atoms with Crippen LogP contribution in [0.3, 0.4) is 0 Å². The van der Waals surface area contributed by atoms with E-state index in [1.54, 1.807) is 0 Å². The molecule has 2 aromatic rings. The monoisotopic (exact) mass is 1400 g/mol. The summed E-state index contributed by atoms with van der Waals surface area (Å²) in [7, 11) is 0. The van der Waals surface area contributed by atoms with E-state index in [1.807, 2.05) is 136 Å². The molecular formula is C31H34I6N4O11. The lowest BCUT2D eigenvalue weighted by molar-refractivity contribution is -0.117. The third-order valence-electron chi connectivity index (χ3n) is 7.25. The highest BCUT2D eigenvalue weighted by molar-refractivity contribution is 14.1. The number of aliphatic hydroxyl groups is 5. The second-order valence-corrected chi connectivity index (χ2v) is 17.7. The molecule has 0 spiro atoms. The molecule has 15 nitrogen and oxygen atoms in total. The topological polar surface area (TPSA) is 234 Å². The summed E-state index contributed by atoms with van der Waals surface area (Å²) in [5, 5.41) is 54.5. The molecule has 0 aromatic heterocycles. The summed E-state index contributed by atoms with van der Waals surface area (Å²) in [5.74, 6) is -3.30. The average Bonchev–Trinajstić information content (AvgIpc) is 3.04. The Morgan fingerprint density at radius 2 is 0.808 bits per heavy atom. The Kier molecular flexibility index (Phi) is 19.7. The van der Waals surface area contributed by atoms with E-state index in [-0.39, 0.29) is 53.9 Å². The number of benzene rings is 2. The van der Waals surface area contributed by atoms with Gasteiger partial charge in [0.1, 0.15) is 0 Å². The van der Waals surface area contributed by atoms with E-state index in [0.29, 0.717) is 14.3 Å². The average molecular weight is 1400 g/mol. The maximum Gasteiger partial charge on any atom is 0.253 e. The molecule has 0 aliphatic carbocycles. The quantitative estimate of drug-likeness (QED) is 0.0954. The molecule has 0 fully saturated rings. The molecule has 21 heteroatoms. The van der Waals surface area contributed by atoms with E-state index in [4.69, 9.17) is 0 Å².